The minimum Gasteiger partial charge on any atom is -0.480 e. The zero-order valence-corrected chi connectivity index (χ0v) is 21.9. The van der Waals surface area contributed by atoms with Gasteiger partial charge < -0.3 is 15.1 Å². The van der Waals surface area contributed by atoms with Crippen LogP contribution < -0.4 is 0 Å². The van der Waals surface area contributed by atoms with Gasteiger partial charge in [0.25, 0.3) is 0 Å². The van der Waals surface area contributed by atoms with E-state index in [-0.39, 0.29) is 28.8 Å². The second-order valence-electron chi connectivity index (χ2n) is 13.4. The Morgan fingerprint density at radius 2 is 1.77 bits per heavy atom. The molecule has 0 aromatic carbocycles. The van der Waals surface area contributed by atoms with E-state index in [4.69, 9.17) is 0 Å². The molecule has 5 rings (SSSR count). The number of hydrogen-bond acceptors (Lipinski definition) is 4. The lowest BCUT2D eigenvalue weighted by molar-refractivity contribution is -0.160. The standard InChI is InChI=1S/C29H45NO5/c1-17(6-9-25(33)30-14-4-5-23(30)27(34)35)20-7-8-21-26-22(11-13-29(20,21)3)28(2)12-10-19(31)15-18(28)16-24(26)32/h17-23,26,31H,4-16H2,1-3H3,(H,34,35)/t17-,18+,19-,20-,21+,22+,23+,26+,28+,29-/m1/s1. The summed E-state index contributed by atoms with van der Waals surface area (Å²) >= 11 is 0. The van der Waals surface area contributed by atoms with E-state index in [1.54, 1.807) is 4.90 Å². The van der Waals surface area contributed by atoms with Gasteiger partial charge in [-0.3, -0.25) is 9.59 Å². The van der Waals surface area contributed by atoms with Crippen LogP contribution in [0.15, 0.2) is 0 Å². The molecule has 1 heterocycles. The topological polar surface area (TPSA) is 94.9 Å². The highest BCUT2D eigenvalue weighted by Gasteiger charge is 2.63. The van der Waals surface area contributed by atoms with Crippen LogP contribution in [0, 0.1) is 46.3 Å². The van der Waals surface area contributed by atoms with Crippen LogP contribution in [-0.4, -0.2) is 51.5 Å². The first-order valence-electron chi connectivity index (χ1n) is 14.3. The van der Waals surface area contributed by atoms with E-state index in [0.29, 0.717) is 61.2 Å². The quantitative estimate of drug-likeness (QED) is 0.587. The maximum atomic E-state index is 13.6. The summed E-state index contributed by atoms with van der Waals surface area (Å²) in [5.41, 5.74) is 0.333. The van der Waals surface area contributed by atoms with E-state index in [1.807, 2.05) is 0 Å². The predicted octanol–water partition coefficient (Wildman–Crippen LogP) is 4.68. The molecular formula is C29H45NO5. The maximum absolute atomic E-state index is 13.6. The van der Waals surface area contributed by atoms with Crippen molar-refractivity contribution in [2.45, 2.75) is 110 Å². The van der Waals surface area contributed by atoms with Crippen LogP contribution in [0.25, 0.3) is 0 Å². The van der Waals surface area contributed by atoms with Crippen molar-refractivity contribution in [2.24, 2.45) is 46.3 Å². The monoisotopic (exact) mass is 487 g/mol. The molecule has 196 valence electrons. The van der Waals surface area contributed by atoms with Gasteiger partial charge in [-0.1, -0.05) is 20.8 Å². The molecule has 0 spiro atoms. The van der Waals surface area contributed by atoms with Crippen molar-refractivity contribution in [3.63, 3.8) is 0 Å². The second-order valence-corrected chi connectivity index (χ2v) is 13.4. The van der Waals surface area contributed by atoms with Crippen molar-refractivity contribution >= 4 is 17.7 Å². The number of amides is 1. The fraction of sp³-hybridized carbons (Fsp3) is 0.897. The number of carboxylic acids is 1. The number of nitrogens with zero attached hydrogens (tertiary/aromatic N) is 1. The molecule has 0 unspecified atom stereocenters. The molecule has 4 aliphatic carbocycles. The molecule has 35 heavy (non-hydrogen) atoms. The SMILES string of the molecule is C[C@H](CCC(=O)N1CCC[C@H]1C(=O)O)[C@H]1CC[C@H]2[C@@H]3C(=O)C[C@@H]4C[C@H](O)CC[C@]4(C)[C@H]3CC[C@]12C. The number of fused-ring (bicyclic) bond motifs is 5. The Balaban J connectivity index is 1.26. The highest BCUT2D eigenvalue weighted by Crippen LogP contribution is 2.67. The number of hydrogen-bond donors (Lipinski definition) is 2. The van der Waals surface area contributed by atoms with Crippen LogP contribution >= 0.6 is 0 Å². The predicted molar refractivity (Wildman–Crippen MR) is 132 cm³/mol. The minimum absolute atomic E-state index is 0.00827. The van der Waals surface area contributed by atoms with E-state index >= 15 is 0 Å². The minimum atomic E-state index is -0.882. The summed E-state index contributed by atoms with van der Waals surface area (Å²) in [6.07, 6.45) is 10.2. The molecule has 0 aromatic heterocycles. The van der Waals surface area contributed by atoms with E-state index < -0.39 is 12.0 Å². The number of aliphatic carboxylic acids is 1. The Bertz CT molecular complexity index is 873. The first-order valence-corrected chi connectivity index (χ1v) is 14.3. The number of carbonyl (C=O) groups is 3. The van der Waals surface area contributed by atoms with E-state index in [0.717, 1.165) is 57.8 Å². The third kappa shape index (κ3) is 4.06. The average molecular weight is 488 g/mol. The van der Waals surface area contributed by atoms with E-state index in [1.165, 1.54) is 0 Å². The first-order chi connectivity index (χ1) is 16.6. The van der Waals surface area contributed by atoms with Gasteiger partial charge in [-0.2, -0.15) is 0 Å². The molecule has 1 amide bonds. The molecule has 0 bridgehead atoms. The number of rotatable bonds is 5. The third-order valence-corrected chi connectivity index (χ3v) is 11.9. The molecule has 0 aromatic rings. The molecule has 5 aliphatic rings. The van der Waals surface area contributed by atoms with Crippen molar-refractivity contribution in [1.82, 2.24) is 4.90 Å². The Labute approximate surface area is 210 Å². The van der Waals surface area contributed by atoms with Crippen molar-refractivity contribution in [3.8, 4) is 0 Å². The average Bonchev–Trinajstić information content (AvgIpc) is 3.43. The van der Waals surface area contributed by atoms with Crippen LogP contribution in [0.1, 0.15) is 97.8 Å². The van der Waals surface area contributed by atoms with Gasteiger partial charge in [0.05, 0.1) is 6.10 Å². The van der Waals surface area contributed by atoms with Gasteiger partial charge in [0.1, 0.15) is 11.8 Å². The largest absolute Gasteiger partial charge is 0.480 e. The van der Waals surface area contributed by atoms with Gasteiger partial charge in [0.2, 0.25) is 5.91 Å². The Morgan fingerprint density at radius 1 is 1.06 bits per heavy atom. The smallest absolute Gasteiger partial charge is 0.326 e. The normalized spacial score (nSPS) is 46.0. The zero-order valence-electron chi connectivity index (χ0n) is 21.9. The molecule has 1 saturated heterocycles. The lowest BCUT2D eigenvalue weighted by Crippen LogP contribution is -2.57. The number of carbonyl (C=O) groups excluding carboxylic acids is 2. The van der Waals surface area contributed by atoms with Crippen molar-refractivity contribution in [1.29, 1.82) is 0 Å². The fourth-order valence-electron chi connectivity index (χ4n) is 9.90. The number of Topliss-reactive ketones (excluding diaryl/α,β-unsaturated/α-hetero) is 1. The zero-order chi connectivity index (χ0) is 25.1. The lowest BCUT2D eigenvalue weighted by Gasteiger charge is -2.60. The molecule has 2 N–H and O–H groups in total. The highest BCUT2D eigenvalue weighted by molar-refractivity contribution is 5.84. The van der Waals surface area contributed by atoms with Crippen LogP contribution in [0.4, 0.5) is 0 Å². The third-order valence-electron chi connectivity index (χ3n) is 11.9. The molecule has 6 heteroatoms. The molecule has 1 aliphatic heterocycles. The summed E-state index contributed by atoms with van der Waals surface area (Å²) in [5, 5.41) is 19.7. The van der Waals surface area contributed by atoms with Gasteiger partial charge in [0, 0.05) is 25.3 Å². The summed E-state index contributed by atoms with van der Waals surface area (Å²) in [4.78, 5) is 39.5. The summed E-state index contributed by atoms with van der Waals surface area (Å²) in [5.74, 6) is 1.88. The van der Waals surface area contributed by atoms with Gasteiger partial charge in [-0.15, -0.1) is 0 Å². The summed E-state index contributed by atoms with van der Waals surface area (Å²) in [6, 6.07) is -0.648. The Kier molecular flexibility index (Phi) is 6.59. The highest BCUT2D eigenvalue weighted by atomic mass is 16.4. The molecular weight excluding hydrogens is 442 g/mol. The van der Waals surface area contributed by atoms with E-state index in [9.17, 15) is 24.6 Å². The van der Waals surface area contributed by atoms with E-state index in [2.05, 4.69) is 20.8 Å². The van der Waals surface area contributed by atoms with Crippen LogP contribution in [0.5, 0.6) is 0 Å². The second kappa shape index (κ2) is 9.15. The summed E-state index contributed by atoms with van der Waals surface area (Å²) < 4.78 is 0. The molecule has 10 atom stereocenters. The molecule has 4 saturated carbocycles. The van der Waals surface area contributed by atoms with Crippen LogP contribution in [0.2, 0.25) is 0 Å². The number of carboxylic acid groups (broad SMARTS) is 1. The van der Waals surface area contributed by atoms with Gasteiger partial charge in [-0.25, -0.2) is 4.79 Å². The molecule has 5 fully saturated rings. The van der Waals surface area contributed by atoms with Crippen LogP contribution in [-0.2, 0) is 14.4 Å². The molecule has 6 nitrogen and oxygen atoms in total. The van der Waals surface area contributed by atoms with Crippen LogP contribution in [0.3, 0.4) is 0 Å². The Morgan fingerprint density at radius 3 is 2.51 bits per heavy atom. The summed E-state index contributed by atoms with van der Waals surface area (Å²) in [6.45, 7) is 7.69. The lowest BCUT2D eigenvalue weighted by atomic mass is 9.44. The van der Waals surface area contributed by atoms with Crippen molar-refractivity contribution < 1.29 is 24.6 Å². The van der Waals surface area contributed by atoms with Crippen molar-refractivity contribution in [2.75, 3.05) is 6.54 Å². The number of aliphatic hydroxyl groups is 1. The maximum Gasteiger partial charge on any atom is 0.326 e. The Hall–Kier alpha value is -1.43. The molecule has 0 radical (unpaired) electrons. The summed E-state index contributed by atoms with van der Waals surface area (Å²) in [7, 11) is 0. The van der Waals surface area contributed by atoms with Crippen molar-refractivity contribution in [3.05, 3.63) is 0 Å². The van der Waals surface area contributed by atoms with Gasteiger partial charge in [0.15, 0.2) is 0 Å². The number of aliphatic hydroxyl groups excluding tert-OH is 1. The number of ketones is 1. The number of likely N-dealkylation sites (tertiary alicyclic amines) is 1. The van der Waals surface area contributed by atoms with Gasteiger partial charge in [-0.05, 0) is 105 Å². The fourth-order valence-corrected chi connectivity index (χ4v) is 9.90. The first kappa shape index (κ1) is 25.2. The van der Waals surface area contributed by atoms with Gasteiger partial charge >= 0.3 is 5.97 Å².